The Balaban J connectivity index is 1.68. The van der Waals surface area contributed by atoms with Crippen LogP contribution in [-0.2, 0) is 16.6 Å². The summed E-state index contributed by atoms with van der Waals surface area (Å²) in [6.07, 6.45) is 0. The molecule has 160 valence electrons. The minimum absolute atomic E-state index is 0.0137. The van der Waals surface area contributed by atoms with Gasteiger partial charge < -0.3 is 4.74 Å². The lowest BCUT2D eigenvalue weighted by molar-refractivity contribution is 0.0734. The molecular formula is C26H21NO4S. The molecule has 0 spiro atoms. The van der Waals surface area contributed by atoms with Crippen molar-refractivity contribution in [2.75, 3.05) is 4.31 Å². The predicted molar refractivity (Wildman–Crippen MR) is 124 cm³/mol. The Labute approximate surface area is 187 Å². The summed E-state index contributed by atoms with van der Waals surface area (Å²) in [5, 5.41) is 0. The third-order valence-corrected chi connectivity index (χ3v) is 6.59. The number of hydrogen-bond donors (Lipinski definition) is 0. The van der Waals surface area contributed by atoms with Gasteiger partial charge in [0.25, 0.3) is 10.0 Å². The molecule has 0 fully saturated rings. The number of anilines is 1. The van der Waals surface area contributed by atoms with Crippen LogP contribution in [0.5, 0.6) is 5.75 Å². The number of carbonyl (C=O) groups excluding carboxylic acids is 1. The van der Waals surface area contributed by atoms with Crippen molar-refractivity contribution in [2.45, 2.75) is 11.4 Å². The highest BCUT2D eigenvalue weighted by molar-refractivity contribution is 7.92. The smallest absolute Gasteiger partial charge is 0.343 e. The third kappa shape index (κ3) is 4.87. The van der Waals surface area contributed by atoms with Gasteiger partial charge in [0.05, 0.1) is 22.7 Å². The van der Waals surface area contributed by atoms with Crippen LogP contribution in [0.1, 0.15) is 15.9 Å². The van der Waals surface area contributed by atoms with Crippen LogP contribution in [0.3, 0.4) is 0 Å². The van der Waals surface area contributed by atoms with Gasteiger partial charge >= 0.3 is 5.97 Å². The number of esters is 1. The van der Waals surface area contributed by atoms with E-state index in [-0.39, 0.29) is 17.0 Å². The third-order valence-electron chi connectivity index (χ3n) is 4.82. The van der Waals surface area contributed by atoms with E-state index in [0.29, 0.717) is 11.4 Å². The topological polar surface area (TPSA) is 63.7 Å². The number of para-hydroxylation sites is 2. The first-order valence-corrected chi connectivity index (χ1v) is 11.5. The quantitative estimate of drug-likeness (QED) is 0.287. The number of benzene rings is 4. The molecule has 32 heavy (non-hydrogen) atoms. The number of carbonyl (C=O) groups is 1. The van der Waals surface area contributed by atoms with Gasteiger partial charge in [-0.15, -0.1) is 0 Å². The molecule has 0 bridgehead atoms. The average Bonchev–Trinajstić information content (AvgIpc) is 2.84. The van der Waals surface area contributed by atoms with Crippen molar-refractivity contribution >= 4 is 21.7 Å². The second kappa shape index (κ2) is 9.49. The first-order valence-electron chi connectivity index (χ1n) is 10.0. The Morgan fingerprint density at radius 2 is 1.31 bits per heavy atom. The minimum Gasteiger partial charge on any atom is -0.423 e. The fraction of sp³-hybridized carbons (Fsp3) is 0.0385. The largest absolute Gasteiger partial charge is 0.423 e. The summed E-state index contributed by atoms with van der Waals surface area (Å²) in [6, 6.07) is 32.8. The van der Waals surface area contributed by atoms with E-state index in [2.05, 4.69) is 0 Å². The average molecular weight is 444 g/mol. The van der Waals surface area contributed by atoms with Gasteiger partial charge in [-0.2, -0.15) is 0 Å². The predicted octanol–water partition coefficient (Wildman–Crippen LogP) is 5.30. The van der Waals surface area contributed by atoms with Crippen molar-refractivity contribution in [3.05, 3.63) is 126 Å². The number of sulfonamides is 1. The van der Waals surface area contributed by atoms with Crippen LogP contribution >= 0.6 is 0 Å². The van der Waals surface area contributed by atoms with Gasteiger partial charge in [-0.25, -0.2) is 13.2 Å². The summed E-state index contributed by atoms with van der Waals surface area (Å²) in [6.45, 7) is 0.159. The highest BCUT2D eigenvalue weighted by Crippen LogP contribution is 2.26. The molecule has 0 heterocycles. The van der Waals surface area contributed by atoms with Gasteiger partial charge in [-0.1, -0.05) is 72.8 Å². The molecule has 0 unspecified atom stereocenters. The zero-order chi connectivity index (χ0) is 22.4. The standard InChI is InChI=1S/C26H21NO4S/c28-26(31-24-16-8-3-9-17-24)22-13-10-18-25(19-22)32(29,30)27(23-14-6-2-7-15-23)20-21-11-4-1-5-12-21/h1-19H,20H2. The van der Waals surface area contributed by atoms with E-state index in [1.54, 1.807) is 54.6 Å². The van der Waals surface area contributed by atoms with E-state index >= 15 is 0 Å². The fourth-order valence-corrected chi connectivity index (χ4v) is 4.72. The van der Waals surface area contributed by atoms with Crippen LogP contribution in [0.4, 0.5) is 5.69 Å². The lowest BCUT2D eigenvalue weighted by Crippen LogP contribution is -2.30. The second-order valence-electron chi connectivity index (χ2n) is 7.06. The zero-order valence-corrected chi connectivity index (χ0v) is 18.0. The molecule has 0 saturated heterocycles. The molecule has 0 aliphatic carbocycles. The van der Waals surface area contributed by atoms with Crippen LogP contribution in [-0.4, -0.2) is 14.4 Å². The van der Waals surface area contributed by atoms with Gasteiger partial charge in [-0.05, 0) is 48.0 Å². The van der Waals surface area contributed by atoms with Crippen LogP contribution in [0, 0.1) is 0 Å². The molecule has 0 atom stereocenters. The Bertz CT molecular complexity index is 1290. The van der Waals surface area contributed by atoms with Crippen LogP contribution < -0.4 is 9.04 Å². The molecule has 5 nitrogen and oxygen atoms in total. The monoisotopic (exact) mass is 443 g/mol. The van der Waals surface area contributed by atoms with Gasteiger partial charge in [-0.3, -0.25) is 4.31 Å². The maximum absolute atomic E-state index is 13.6. The molecule has 0 saturated carbocycles. The first-order chi connectivity index (χ1) is 15.5. The maximum Gasteiger partial charge on any atom is 0.343 e. The first kappa shape index (κ1) is 21.3. The van der Waals surface area contributed by atoms with Crippen LogP contribution in [0.15, 0.2) is 120 Å². The number of ether oxygens (including phenoxy) is 1. The molecule has 4 aromatic carbocycles. The van der Waals surface area contributed by atoms with E-state index in [0.717, 1.165) is 5.56 Å². The maximum atomic E-state index is 13.6. The Hall–Kier alpha value is -3.90. The summed E-state index contributed by atoms with van der Waals surface area (Å²) >= 11 is 0. The molecular weight excluding hydrogens is 422 g/mol. The van der Waals surface area contributed by atoms with Crippen molar-refractivity contribution in [3.8, 4) is 5.75 Å². The summed E-state index contributed by atoms with van der Waals surface area (Å²) in [5.41, 5.74) is 1.54. The Kier molecular flexibility index (Phi) is 6.33. The Morgan fingerprint density at radius 1 is 0.719 bits per heavy atom. The van der Waals surface area contributed by atoms with E-state index in [9.17, 15) is 13.2 Å². The lowest BCUT2D eigenvalue weighted by atomic mass is 10.2. The molecule has 6 heteroatoms. The van der Waals surface area contributed by atoms with E-state index < -0.39 is 16.0 Å². The highest BCUT2D eigenvalue weighted by Gasteiger charge is 2.26. The molecule has 0 N–H and O–H groups in total. The van der Waals surface area contributed by atoms with E-state index in [1.807, 2.05) is 42.5 Å². The fourth-order valence-electron chi connectivity index (χ4n) is 3.22. The van der Waals surface area contributed by atoms with Gasteiger partial charge in [0.2, 0.25) is 0 Å². The van der Waals surface area contributed by atoms with Gasteiger partial charge in [0.1, 0.15) is 5.75 Å². The number of hydrogen-bond acceptors (Lipinski definition) is 4. The molecule has 0 aliphatic heterocycles. The number of rotatable bonds is 7. The normalized spacial score (nSPS) is 11.0. The van der Waals surface area contributed by atoms with E-state index in [4.69, 9.17) is 4.74 Å². The van der Waals surface area contributed by atoms with Gasteiger partial charge in [0.15, 0.2) is 0 Å². The highest BCUT2D eigenvalue weighted by atomic mass is 32.2. The van der Waals surface area contributed by atoms with Crippen molar-refractivity contribution < 1.29 is 17.9 Å². The lowest BCUT2D eigenvalue weighted by Gasteiger charge is -2.25. The molecule has 4 aromatic rings. The second-order valence-corrected chi connectivity index (χ2v) is 8.93. The number of nitrogens with zero attached hydrogens (tertiary/aromatic N) is 1. The Morgan fingerprint density at radius 3 is 1.97 bits per heavy atom. The SMILES string of the molecule is O=C(Oc1ccccc1)c1cccc(S(=O)(=O)N(Cc2ccccc2)c2ccccc2)c1. The van der Waals surface area contributed by atoms with E-state index in [1.165, 1.54) is 22.5 Å². The molecule has 4 rings (SSSR count). The summed E-state index contributed by atoms with van der Waals surface area (Å²) in [7, 11) is -3.96. The van der Waals surface area contributed by atoms with Crippen LogP contribution in [0.2, 0.25) is 0 Å². The molecule has 0 amide bonds. The van der Waals surface area contributed by atoms with Crippen LogP contribution in [0.25, 0.3) is 0 Å². The van der Waals surface area contributed by atoms with Crippen molar-refractivity contribution in [2.24, 2.45) is 0 Å². The summed E-state index contributed by atoms with van der Waals surface area (Å²) < 4.78 is 34.0. The molecule has 0 aliphatic rings. The minimum atomic E-state index is -3.96. The van der Waals surface area contributed by atoms with Crippen molar-refractivity contribution in [3.63, 3.8) is 0 Å². The summed E-state index contributed by atoms with van der Waals surface area (Å²) in [5.74, 6) is -0.233. The zero-order valence-electron chi connectivity index (χ0n) is 17.2. The van der Waals surface area contributed by atoms with Crippen molar-refractivity contribution in [1.82, 2.24) is 0 Å². The summed E-state index contributed by atoms with van der Waals surface area (Å²) in [4.78, 5) is 12.6. The van der Waals surface area contributed by atoms with Gasteiger partial charge in [0, 0.05) is 0 Å². The molecule has 0 radical (unpaired) electrons. The van der Waals surface area contributed by atoms with Crippen molar-refractivity contribution in [1.29, 1.82) is 0 Å². The molecule has 0 aromatic heterocycles.